The molecule has 2 aromatic rings. The fourth-order valence-corrected chi connectivity index (χ4v) is 2.90. The highest BCUT2D eigenvalue weighted by molar-refractivity contribution is 5.95. The van der Waals surface area contributed by atoms with Gasteiger partial charge in [-0.15, -0.1) is 0 Å². The Hall–Kier alpha value is -2.04. The Morgan fingerprint density at radius 1 is 1.10 bits per heavy atom. The summed E-state index contributed by atoms with van der Waals surface area (Å²) in [5.74, 6) is 3.16. The number of fused-ring (bicyclic) bond motifs is 1. The third-order valence-corrected chi connectivity index (χ3v) is 4.21. The second-order valence-electron chi connectivity index (χ2n) is 5.56. The lowest BCUT2D eigenvalue weighted by atomic mass is 9.99. The van der Waals surface area contributed by atoms with Crippen LogP contribution in [0, 0.1) is 5.92 Å². The maximum Gasteiger partial charge on any atom is 0.187 e. The van der Waals surface area contributed by atoms with Gasteiger partial charge in [0.15, 0.2) is 11.5 Å². The number of nitrogens with zero attached hydrogens (tertiary/aromatic N) is 3. The number of methoxy groups -OCH3 is 2. The molecule has 1 aromatic heterocycles. The summed E-state index contributed by atoms with van der Waals surface area (Å²) >= 11 is 0. The van der Waals surface area contributed by atoms with E-state index in [1.54, 1.807) is 20.5 Å². The SMILES string of the molecule is COc1ccc2c(N3CCC(C)CC3)ncnc2c1OC. The number of hydrogen-bond acceptors (Lipinski definition) is 5. The van der Waals surface area contributed by atoms with Gasteiger partial charge >= 0.3 is 0 Å². The van der Waals surface area contributed by atoms with E-state index in [2.05, 4.69) is 21.8 Å². The van der Waals surface area contributed by atoms with Crippen molar-refractivity contribution in [3.05, 3.63) is 18.5 Å². The molecule has 0 N–H and O–H groups in total. The van der Waals surface area contributed by atoms with E-state index in [4.69, 9.17) is 9.47 Å². The Morgan fingerprint density at radius 3 is 2.52 bits per heavy atom. The van der Waals surface area contributed by atoms with Gasteiger partial charge in [-0.1, -0.05) is 6.92 Å². The fourth-order valence-electron chi connectivity index (χ4n) is 2.90. The zero-order chi connectivity index (χ0) is 14.8. The predicted molar refractivity (Wildman–Crippen MR) is 83.3 cm³/mol. The Morgan fingerprint density at radius 2 is 1.86 bits per heavy atom. The second kappa shape index (κ2) is 5.76. The molecule has 0 saturated carbocycles. The molecule has 1 aromatic carbocycles. The van der Waals surface area contributed by atoms with E-state index in [-0.39, 0.29) is 0 Å². The molecule has 1 fully saturated rings. The molecule has 21 heavy (non-hydrogen) atoms. The summed E-state index contributed by atoms with van der Waals surface area (Å²) in [5.41, 5.74) is 0.806. The lowest BCUT2D eigenvalue weighted by Crippen LogP contribution is -2.33. The minimum Gasteiger partial charge on any atom is -0.493 e. The summed E-state index contributed by atoms with van der Waals surface area (Å²) in [4.78, 5) is 11.2. The minimum absolute atomic E-state index is 0.670. The first-order chi connectivity index (χ1) is 10.2. The van der Waals surface area contributed by atoms with Crippen LogP contribution in [0.25, 0.3) is 10.9 Å². The molecule has 0 radical (unpaired) electrons. The van der Waals surface area contributed by atoms with Crippen LogP contribution in [0.3, 0.4) is 0 Å². The third-order valence-electron chi connectivity index (χ3n) is 4.21. The summed E-state index contributed by atoms with van der Waals surface area (Å²) in [6.45, 7) is 4.40. The van der Waals surface area contributed by atoms with Gasteiger partial charge in [0.25, 0.3) is 0 Å². The topological polar surface area (TPSA) is 47.5 Å². The molecule has 5 heteroatoms. The van der Waals surface area contributed by atoms with Crippen LogP contribution in [-0.2, 0) is 0 Å². The second-order valence-corrected chi connectivity index (χ2v) is 5.56. The number of benzene rings is 1. The van der Waals surface area contributed by atoms with Crippen LogP contribution in [-0.4, -0.2) is 37.3 Å². The smallest absolute Gasteiger partial charge is 0.187 e. The quantitative estimate of drug-likeness (QED) is 0.868. The van der Waals surface area contributed by atoms with Crippen molar-refractivity contribution >= 4 is 16.7 Å². The monoisotopic (exact) mass is 287 g/mol. The van der Waals surface area contributed by atoms with Crippen LogP contribution in [0.1, 0.15) is 19.8 Å². The van der Waals surface area contributed by atoms with E-state index in [1.165, 1.54) is 12.8 Å². The fraction of sp³-hybridized carbons (Fsp3) is 0.500. The van der Waals surface area contributed by atoms with Crippen molar-refractivity contribution in [2.75, 3.05) is 32.2 Å². The average molecular weight is 287 g/mol. The Balaban J connectivity index is 2.08. The Kier molecular flexibility index (Phi) is 3.82. The number of anilines is 1. The number of aromatic nitrogens is 2. The highest BCUT2D eigenvalue weighted by Gasteiger charge is 2.21. The molecular weight excluding hydrogens is 266 g/mol. The molecule has 0 aliphatic carbocycles. The van der Waals surface area contributed by atoms with Crippen LogP contribution in [0.15, 0.2) is 18.5 Å². The zero-order valence-electron chi connectivity index (χ0n) is 12.8. The van der Waals surface area contributed by atoms with Gasteiger partial charge < -0.3 is 14.4 Å². The lowest BCUT2D eigenvalue weighted by Gasteiger charge is -2.31. The maximum absolute atomic E-state index is 5.48. The highest BCUT2D eigenvalue weighted by atomic mass is 16.5. The van der Waals surface area contributed by atoms with E-state index in [1.807, 2.05) is 12.1 Å². The first-order valence-corrected chi connectivity index (χ1v) is 7.35. The number of ether oxygens (including phenoxy) is 2. The average Bonchev–Trinajstić information content (AvgIpc) is 2.53. The highest BCUT2D eigenvalue weighted by Crippen LogP contribution is 2.37. The maximum atomic E-state index is 5.48. The van der Waals surface area contributed by atoms with E-state index < -0.39 is 0 Å². The number of hydrogen-bond donors (Lipinski definition) is 0. The van der Waals surface area contributed by atoms with Gasteiger partial charge in [-0.2, -0.15) is 0 Å². The molecule has 0 spiro atoms. The molecule has 112 valence electrons. The summed E-state index contributed by atoms with van der Waals surface area (Å²) < 4.78 is 10.8. The van der Waals surface area contributed by atoms with Crippen LogP contribution >= 0.6 is 0 Å². The largest absolute Gasteiger partial charge is 0.493 e. The van der Waals surface area contributed by atoms with Gasteiger partial charge in [0.1, 0.15) is 17.7 Å². The minimum atomic E-state index is 0.670. The summed E-state index contributed by atoms with van der Waals surface area (Å²) in [7, 11) is 3.28. The van der Waals surface area contributed by atoms with Crippen LogP contribution < -0.4 is 14.4 Å². The summed E-state index contributed by atoms with van der Waals surface area (Å²) in [6, 6.07) is 3.94. The summed E-state index contributed by atoms with van der Waals surface area (Å²) in [6.07, 6.45) is 4.02. The van der Waals surface area contributed by atoms with Crippen molar-refractivity contribution < 1.29 is 9.47 Å². The van der Waals surface area contributed by atoms with E-state index >= 15 is 0 Å². The van der Waals surface area contributed by atoms with E-state index in [0.717, 1.165) is 35.7 Å². The molecule has 3 rings (SSSR count). The first kappa shape index (κ1) is 13.9. The van der Waals surface area contributed by atoms with Gasteiger partial charge in [-0.3, -0.25) is 0 Å². The molecule has 1 saturated heterocycles. The molecule has 1 aliphatic heterocycles. The van der Waals surface area contributed by atoms with Crippen LogP contribution in [0.2, 0.25) is 0 Å². The van der Waals surface area contributed by atoms with Crippen molar-refractivity contribution in [2.45, 2.75) is 19.8 Å². The molecule has 1 aliphatic rings. The lowest BCUT2D eigenvalue weighted by molar-refractivity contribution is 0.358. The molecule has 0 unspecified atom stereocenters. The van der Waals surface area contributed by atoms with Gasteiger partial charge in [-0.05, 0) is 30.9 Å². The van der Waals surface area contributed by atoms with Gasteiger partial charge in [0, 0.05) is 18.5 Å². The van der Waals surface area contributed by atoms with Crippen LogP contribution in [0.5, 0.6) is 11.5 Å². The first-order valence-electron chi connectivity index (χ1n) is 7.35. The molecule has 2 heterocycles. The van der Waals surface area contributed by atoms with Gasteiger partial charge in [0.05, 0.1) is 14.2 Å². The van der Waals surface area contributed by atoms with Crippen molar-refractivity contribution in [3.63, 3.8) is 0 Å². The third kappa shape index (κ3) is 2.48. The van der Waals surface area contributed by atoms with E-state index in [9.17, 15) is 0 Å². The standard InChI is InChI=1S/C16H21N3O2/c1-11-6-8-19(9-7-11)16-12-4-5-13(20-2)15(21-3)14(12)17-10-18-16/h4-5,10-11H,6-9H2,1-3H3. The van der Waals surface area contributed by atoms with E-state index in [0.29, 0.717) is 11.5 Å². The van der Waals surface area contributed by atoms with Gasteiger partial charge in [0.2, 0.25) is 0 Å². The summed E-state index contributed by atoms with van der Waals surface area (Å²) in [5, 5.41) is 1.02. The van der Waals surface area contributed by atoms with Crippen molar-refractivity contribution in [1.29, 1.82) is 0 Å². The number of rotatable bonds is 3. The number of piperidine rings is 1. The van der Waals surface area contributed by atoms with Crippen LogP contribution in [0.4, 0.5) is 5.82 Å². The molecule has 0 atom stereocenters. The molecule has 0 bridgehead atoms. The van der Waals surface area contributed by atoms with Crippen molar-refractivity contribution in [1.82, 2.24) is 9.97 Å². The zero-order valence-corrected chi connectivity index (χ0v) is 12.8. The molecule has 5 nitrogen and oxygen atoms in total. The van der Waals surface area contributed by atoms with Crippen molar-refractivity contribution in [3.8, 4) is 11.5 Å². The Labute approximate surface area is 124 Å². The predicted octanol–water partition coefficient (Wildman–Crippen LogP) is 2.88. The van der Waals surface area contributed by atoms with Crippen molar-refractivity contribution in [2.24, 2.45) is 5.92 Å². The Bertz CT molecular complexity index is 637. The molecular formula is C16H21N3O2. The molecule has 0 amide bonds. The normalized spacial score (nSPS) is 16.2. The van der Waals surface area contributed by atoms with Gasteiger partial charge in [-0.25, -0.2) is 9.97 Å².